The van der Waals surface area contributed by atoms with E-state index in [9.17, 15) is 4.79 Å². The van der Waals surface area contributed by atoms with Crippen molar-refractivity contribution in [2.24, 2.45) is 0 Å². The monoisotopic (exact) mass is 142 g/mol. The molecule has 3 heteroatoms. The van der Waals surface area contributed by atoms with Crippen molar-refractivity contribution in [3.63, 3.8) is 0 Å². The van der Waals surface area contributed by atoms with Gasteiger partial charge in [-0.05, 0) is 12.8 Å². The fourth-order valence-corrected chi connectivity index (χ4v) is 1.12. The van der Waals surface area contributed by atoms with Gasteiger partial charge in [0.2, 0.25) is 5.91 Å². The van der Waals surface area contributed by atoms with Crippen molar-refractivity contribution in [2.75, 3.05) is 20.6 Å². The lowest BCUT2D eigenvalue weighted by Crippen LogP contribution is -2.39. The zero-order valence-electron chi connectivity index (χ0n) is 6.63. The normalized spacial score (nSPS) is 23.0. The molecule has 1 saturated heterocycles. The van der Waals surface area contributed by atoms with E-state index in [1.807, 2.05) is 19.1 Å². The molecule has 0 N–H and O–H groups in total. The molecule has 0 radical (unpaired) electrons. The molecule has 1 heterocycles. The fraction of sp³-hybridized carbons (Fsp3) is 0.857. The SMILES string of the molecule is CN1CCCCC(=O)N1C. The number of hydrazine groups is 1. The topological polar surface area (TPSA) is 23.6 Å². The van der Waals surface area contributed by atoms with Crippen molar-refractivity contribution in [1.82, 2.24) is 10.0 Å². The van der Waals surface area contributed by atoms with Crippen LogP contribution in [0.3, 0.4) is 0 Å². The predicted octanol–water partition coefficient (Wildman–Crippen LogP) is 0.476. The third-order valence-corrected chi connectivity index (χ3v) is 2.00. The van der Waals surface area contributed by atoms with Crippen LogP contribution in [0.4, 0.5) is 0 Å². The quantitative estimate of drug-likeness (QED) is 0.491. The summed E-state index contributed by atoms with van der Waals surface area (Å²) in [5, 5.41) is 3.67. The summed E-state index contributed by atoms with van der Waals surface area (Å²) in [6, 6.07) is 0. The van der Waals surface area contributed by atoms with Gasteiger partial charge in [-0.2, -0.15) is 0 Å². The first-order valence-electron chi connectivity index (χ1n) is 3.69. The zero-order chi connectivity index (χ0) is 7.56. The predicted molar refractivity (Wildman–Crippen MR) is 39.3 cm³/mol. The molecule has 58 valence electrons. The van der Waals surface area contributed by atoms with E-state index < -0.39 is 0 Å². The average Bonchev–Trinajstić information content (AvgIpc) is 2.04. The maximum Gasteiger partial charge on any atom is 0.236 e. The largest absolute Gasteiger partial charge is 0.279 e. The maximum atomic E-state index is 11.1. The van der Waals surface area contributed by atoms with Gasteiger partial charge in [-0.15, -0.1) is 0 Å². The van der Waals surface area contributed by atoms with Gasteiger partial charge in [0.25, 0.3) is 0 Å². The van der Waals surface area contributed by atoms with Crippen molar-refractivity contribution >= 4 is 5.91 Å². The lowest BCUT2D eigenvalue weighted by Gasteiger charge is -2.25. The summed E-state index contributed by atoms with van der Waals surface area (Å²) in [7, 11) is 3.77. The summed E-state index contributed by atoms with van der Waals surface area (Å²) in [5.41, 5.74) is 0. The summed E-state index contributed by atoms with van der Waals surface area (Å²) in [4.78, 5) is 11.1. The highest BCUT2D eigenvalue weighted by atomic mass is 16.2. The number of hydrogen-bond donors (Lipinski definition) is 0. The van der Waals surface area contributed by atoms with Gasteiger partial charge in [0.05, 0.1) is 0 Å². The van der Waals surface area contributed by atoms with Gasteiger partial charge in [-0.25, -0.2) is 5.01 Å². The Morgan fingerprint density at radius 2 is 2.00 bits per heavy atom. The fourth-order valence-electron chi connectivity index (χ4n) is 1.12. The van der Waals surface area contributed by atoms with E-state index in [-0.39, 0.29) is 5.91 Å². The molecule has 0 bridgehead atoms. The van der Waals surface area contributed by atoms with E-state index in [4.69, 9.17) is 0 Å². The highest BCUT2D eigenvalue weighted by Gasteiger charge is 2.16. The molecular formula is C7H14N2O. The Bertz CT molecular complexity index is 136. The molecule has 1 amide bonds. The third kappa shape index (κ3) is 1.48. The van der Waals surface area contributed by atoms with Crippen LogP contribution < -0.4 is 0 Å². The van der Waals surface area contributed by atoms with Crippen molar-refractivity contribution in [3.05, 3.63) is 0 Å². The lowest BCUT2D eigenvalue weighted by molar-refractivity contribution is -0.141. The van der Waals surface area contributed by atoms with Gasteiger partial charge >= 0.3 is 0 Å². The van der Waals surface area contributed by atoms with Crippen LogP contribution in [0.5, 0.6) is 0 Å². The second kappa shape index (κ2) is 3.01. The van der Waals surface area contributed by atoms with Crippen molar-refractivity contribution < 1.29 is 4.79 Å². The Hall–Kier alpha value is -0.570. The zero-order valence-corrected chi connectivity index (χ0v) is 6.63. The minimum atomic E-state index is 0.236. The van der Waals surface area contributed by atoms with Gasteiger partial charge in [-0.1, -0.05) is 0 Å². The average molecular weight is 142 g/mol. The first-order chi connectivity index (χ1) is 4.72. The first-order valence-corrected chi connectivity index (χ1v) is 3.69. The highest BCUT2D eigenvalue weighted by Crippen LogP contribution is 2.07. The molecule has 0 aromatic heterocycles. The smallest absolute Gasteiger partial charge is 0.236 e. The van der Waals surface area contributed by atoms with E-state index >= 15 is 0 Å². The van der Waals surface area contributed by atoms with Crippen LogP contribution >= 0.6 is 0 Å². The van der Waals surface area contributed by atoms with E-state index in [1.54, 1.807) is 5.01 Å². The van der Waals surface area contributed by atoms with Crippen molar-refractivity contribution in [3.8, 4) is 0 Å². The molecule has 1 aliphatic heterocycles. The standard InChI is InChI=1S/C7H14N2O/c1-8-6-4-3-5-7(10)9(8)2/h3-6H2,1-2H3. The van der Waals surface area contributed by atoms with E-state index in [1.165, 1.54) is 0 Å². The van der Waals surface area contributed by atoms with E-state index in [0.29, 0.717) is 6.42 Å². The van der Waals surface area contributed by atoms with Crippen LogP contribution in [0.2, 0.25) is 0 Å². The maximum absolute atomic E-state index is 11.1. The molecule has 0 aromatic rings. The number of carbonyl (C=O) groups is 1. The van der Waals surface area contributed by atoms with Crippen LogP contribution in [0, 0.1) is 0 Å². The second-order valence-electron chi connectivity index (χ2n) is 2.76. The number of rotatable bonds is 0. The van der Waals surface area contributed by atoms with Crippen LogP contribution in [0.1, 0.15) is 19.3 Å². The molecule has 1 rings (SSSR count). The Labute approximate surface area is 61.6 Å². The molecule has 1 fully saturated rings. The Morgan fingerprint density at radius 3 is 2.70 bits per heavy atom. The minimum absolute atomic E-state index is 0.236. The van der Waals surface area contributed by atoms with Gasteiger partial charge in [0.1, 0.15) is 0 Å². The van der Waals surface area contributed by atoms with E-state index in [2.05, 4.69) is 0 Å². The number of hydrogen-bond acceptors (Lipinski definition) is 2. The molecule has 0 aliphatic carbocycles. The van der Waals surface area contributed by atoms with E-state index in [0.717, 1.165) is 19.4 Å². The Kier molecular flexibility index (Phi) is 2.27. The van der Waals surface area contributed by atoms with Crippen molar-refractivity contribution in [1.29, 1.82) is 0 Å². The minimum Gasteiger partial charge on any atom is -0.279 e. The third-order valence-electron chi connectivity index (χ3n) is 2.00. The van der Waals surface area contributed by atoms with Crippen molar-refractivity contribution in [2.45, 2.75) is 19.3 Å². The summed E-state index contributed by atoms with van der Waals surface area (Å²) < 4.78 is 0. The molecule has 0 unspecified atom stereocenters. The molecule has 0 spiro atoms. The highest BCUT2D eigenvalue weighted by molar-refractivity contribution is 5.75. The summed E-state index contributed by atoms with van der Waals surface area (Å²) in [6.45, 7) is 1.00. The van der Waals surface area contributed by atoms with Gasteiger partial charge in [-0.3, -0.25) is 9.80 Å². The summed E-state index contributed by atoms with van der Waals surface area (Å²) in [6.07, 6.45) is 2.88. The molecular weight excluding hydrogens is 128 g/mol. The number of nitrogens with zero attached hydrogens (tertiary/aromatic N) is 2. The second-order valence-corrected chi connectivity index (χ2v) is 2.76. The van der Waals surface area contributed by atoms with Crippen LogP contribution in [0.15, 0.2) is 0 Å². The molecule has 10 heavy (non-hydrogen) atoms. The van der Waals surface area contributed by atoms with Gasteiger partial charge in [0, 0.05) is 27.1 Å². The molecule has 0 saturated carbocycles. The molecule has 1 aliphatic rings. The van der Waals surface area contributed by atoms with Crippen LogP contribution in [-0.4, -0.2) is 36.6 Å². The Balaban J connectivity index is 2.55. The van der Waals surface area contributed by atoms with Crippen LogP contribution in [0.25, 0.3) is 0 Å². The Morgan fingerprint density at radius 1 is 1.30 bits per heavy atom. The summed E-state index contributed by atoms with van der Waals surface area (Å²) >= 11 is 0. The van der Waals surface area contributed by atoms with Gasteiger partial charge in [0.15, 0.2) is 0 Å². The lowest BCUT2D eigenvalue weighted by atomic mass is 10.2. The molecule has 0 aromatic carbocycles. The number of carbonyl (C=O) groups excluding carboxylic acids is 1. The van der Waals surface area contributed by atoms with Gasteiger partial charge < -0.3 is 0 Å². The summed E-state index contributed by atoms with van der Waals surface area (Å²) in [5.74, 6) is 0.236. The first kappa shape index (κ1) is 7.54. The molecule has 0 atom stereocenters. The number of amides is 1. The molecule has 3 nitrogen and oxygen atoms in total. The van der Waals surface area contributed by atoms with Crippen LogP contribution in [-0.2, 0) is 4.79 Å².